The van der Waals surface area contributed by atoms with Crippen molar-refractivity contribution < 1.29 is 4.39 Å². The molecule has 0 aliphatic carbocycles. The fraction of sp³-hybridized carbons (Fsp3) is 0.250. The van der Waals surface area contributed by atoms with E-state index in [9.17, 15) is 4.39 Å². The molecule has 0 heterocycles. The minimum Gasteiger partial charge on any atom is -0.381 e. The van der Waals surface area contributed by atoms with Crippen molar-refractivity contribution in [1.29, 1.82) is 0 Å². The second kappa shape index (κ2) is 5.98. The van der Waals surface area contributed by atoms with Gasteiger partial charge in [-0.2, -0.15) is 0 Å². The van der Waals surface area contributed by atoms with Gasteiger partial charge >= 0.3 is 0 Å². The Morgan fingerprint density at radius 3 is 2.25 bits per heavy atom. The van der Waals surface area contributed by atoms with Crippen molar-refractivity contribution in [3.8, 4) is 0 Å². The molecule has 2 aromatic carbocycles. The maximum atomic E-state index is 13.1. The van der Waals surface area contributed by atoms with Crippen LogP contribution in [0.2, 0.25) is 24.7 Å². The van der Waals surface area contributed by atoms with Crippen molar-refractivity contribution in [3.63, 3.8) is 0 Å². The van der Waals surface area contributed by atoms with Crippen molar-refractivity contribution in [2.24, 2.45) is 0 Å². The Kier molecular flexibility index (Phi) is 4.51. The summed E-state index contributed by atoms with van der Waals surface area (Å²) in [5.74, 6) is -0.392. The Morgan fingerprint density at radius 2 is 1.70 bits per heavy atom. The molecule has 0 unspecified atom stereocenters. The van der Waals surface area contributed by atoms with Crippen LogP contribution in [0.1, 0.15) is 5.56 Å². The molecule has 20 heavy (non-hydrogen) atoms. The smallest absolute Gasteiger partial charge is 0.141 e. The maximum absolute atomic E-state index is 13.1. The van der Waals surface area contributed by atoms with Crippen LogP contribution in [-0.2, 0) is 6.54 Å². The van der Waals surface area contributed by atoms with E-state index in [0.717, 1.165) is 5.69 Å². The van der Waals surface area contributed by atoms with E-state index in [1.807, 2.05) is 0 Å². The van der Waals surface area contributed by atoms with E-state index >= 15 is 0 Å². The number of rotatable bonds is 4. The molecule has 0 aromatic heterocycles. The number of anilines is 1. The van der Waals surface area contributed by atoms with E-state index in [1.165, 1.54) is 16.8 Å². The van der Waals surface area contributed by atoms with Gasteiger partial charge in [0.15, 0.2) is 0 Å². The molecule has 0 fully saturated rings. The molecule has 0 saturated carbocycles. The topological polar surface area (TPSA) is 12.0 Å². The van der Waals surface area contributed by atoms with Crippen molar-refractivity contribution in [1.82, 2.24) is 0 Å². The summed E-state index contributed by atoms with van der Waals surface area (Å²) in [5.41, 5.74) is 2.03. The van der Waals surface area contributed by atoms with Crippen molar-refractivity contribution in [3.05, 3.63) is 58.9 Å². The Bertz CT molecular complexity index is 590. The van der Waals surface area contributed by atoms with Gasteiger partial charge in [0.25, 0.3) is 0 Å². The highest BCUT2D eigenvalue weighted by molar-refractivity contribution is 6.88. The van der Waals surface area contributed by atoms with Crippen LogP contribution in [0.3, 0.4) is 0 Å². The molecule has 0 aliphatic heterocycles. The number of hydrogen-bond acceptors (Lipinski definition) is 1. The van der Waals surface area contributed by atoms with Gasteiger partial charge in [0.05, 0.1) is 13.1 Å². The van der Waals surface area contributed by atoms with Crippen LogP contribution < -0.4 is 10.5 Å². The summed E-state index contributed by atoms with van der Waals surface area (Å²) in [4.78, 5) is 0. The van der Waals surface area contributed by atoms with Gasteiger partial charge in [0.1, 0.15) is 5.82 Å². The summed E-state index contributed by atoms with van der Waals surface area (Å²) in [7, 11) is -1.24. The van der Waals surface area contributed by atoms with Crippen LogP contribution in [0.25, 0.3) is 0 Å². The predicted octanol–water partition coefficient (Wildman–Crippen LogP) is 4.64. The molecule has 0 aliphatic rings. The zero-order chi connectivity index (χ0) is 14.8. The minimum atomic E-state index is -1.24. The Labute approximate surface area is 125 Å². The second-order valence-corrected chi connectivity index (χ2v) is 11.4. The molecule has 0 saturated heterocycles. The highest BCUT2D eigenvalue weighted by atomic mass is 35.5. The average Bonchev–Trinajstić information content (AvgIpc) is 2.40. The molecule has 2 rings (SSSR count). The van der Waals surface area contributed by atoms with Crippen LogP contribution in [0, 0.1) is 5.82 Å². The lowest BCUT2D eigenvalue weighted by atomic mass is 10.2. The third-order valence-corrected chi connectivity index (χ3v) is 5.59. The van der Waals surface area contributed by atoms with E-state index in [4.69, 9.17) is 11.6 Å². The lowest BCUT2D eigenvalue weighted by Crippen LogP contribution is -2.37. The normalized spacial score (nSPS) is 11.4. The Hall–Kier alpha value is -1.32. The molecule has 0 spiro atoms. The van der Waals surface area contributed by atoms with E-state index in [0.29, 0.717) is 6.54 Å². The van der Waals surface area contributed by atoms with Gasteiger partial charge in [-0.3, -0.25) is 0 Å². The van der Waals surface area contributed by atoms with E-state index in [1.54, 1.807) is 12.1 Å². The van der Waals surface area contributed by atoms with Gasteiger partial charge in [-0.05, 0) is 23.8 Å². The first-order chi connectivity index (χ1) is 9.36. The quantitative estimate of drug-likeness (QED) is 0.812. The van der Waals surface area contributed by atoms with Crippen LogP contribution in [0.15, 0.2) is 42.5 Å². The third-order valence-electron chi connectivity index (χ3n) is 3.24. The molecule has 106 valence electrons. The van der Waals surface area contributed by atoms with Crippen molar-refractivity contribution in [2.75, 3.05) is 5.32 Å². The summed E-state index contributed by atoms with van der Waals surface area (Å²) in [5, 5.41) is 4.84. The predicted molar refractivity (Wildman–Crippen MR) is 88.2 cm³/mol. The average molecular weight is 308 g/mol. The summed E-state index contributed by atoms with van der Waals surface area (Å²) >= 11 is 5.76. The van der Waals surface area contributed by atoms with Crippen LogP contribution in [0.5, 0.6) is 0 Å². The molecule has 1 N–H and O–H groups in total. The molecule has 0 amide bonds. The van der Waals surface area contributed by atoms with Crippen LogP contribution in [0.4, 0.5) is 10.1 Å². The molecule has 0 bridgehead atoms. The highest BCUT2D eigenvalue weighted by Crippen LogP contribution is 2.19. The van der Waals surface area contributed by atoms with Gasteiger partial charge in [0, 0.05) is 12.2 Å². The van der Waals surface area contributed by atoms with Gasteiger partial charge in [0.2, 0.25) is 0 Å². The standard InChI is InChI=1S/C16H19ClFNSi/c1-20(2,3)14-7-4-12(5-8-14)11-19-13-6-9-16(18)15(17)10-13/h4-10,19H,11H2,1-3H3. The maximum Gasteiger partial charge on any atom is 0.141 e. The zero-order valence-electron chi connectivity index (χ0n) is 12.0. The van der Waals surface area contributed by atoms with Crippen LogP contribution in [-0.4, -0.2) is 8.07 Å². The minimum absolute atomic E-state index is 0.143. The summed E-state index contributed by atoms with van der Waals surface area (Å²) in [6.45, 7) is 7.70. The fourth-order valence-corrected chi connectivity index (χ4v) is 3.28. The molecule has 1 nitrogen and oxygen atoms in total. The van der Waals surface area contributed by atoms with Gasteiger partial charge in [-0.15, -0.1) is 0 Å². The SMILES string of the molecule is C[Si](C)(C)c1ccc(CNc2ccc(F)c(Cl)c2)cc1. The Balaban J connectivity index is 2.02. The molecule has 4 heteroatoms. The molecule has 0 atom stereocenters. The summed E-state index contributed by atoms with van der Waals surface area (Å²) in [6, 6.07) is 13.4. The zero-order valence-corrected chi connectivity index (χ0v) is 13.8. The first-order valence-corrected chi connectivity index (χ1v) is 10.5. The fourth-order valence-electron chi connectivity index (χ4n) is 1.93. The van der Waals surface area contributed by atoms with Crippen molar-refractivity contribution in [2.45, 2.75) is 26.2 Å². The highest BCUT2D eigenvalue weighted by Gasteiger charge is 2.15. The van der Waals surface area contributed by atoms with E-state index in [2.05, 4.69) is 49.2 Å². The van der Waals surface area contributed by atoms with E-state index < -0.39 is 13.9 Å². The number of halogens is 2. The molecular formula is C16H19ClFNSi. The third kappa shape index (κ3) is 3.84. The lowest BCUT2D eigenvalue weighted by molar-refractivity contribution is 0.628. The lowest BCUT2D eigenvalue weighted by Gasteiger charge is -2.17. The van der Waals surface area contributed by atoms with Gasteiger partial charge < -0.3 is 5.32 Å². The first-order valence-electron chi connectivity index (χ1n) is 6.64. The number of nitrogens with one attached hydrogen (secondary N) is 1. The molecule has 2 aromatic rings. The Morgan fingerprint density at radius 1 is 1.05 bits per heavy atom. The summed E-state index contributed by atoms with van der Waals surface area (Å²) < 4.78 is 13.1. The second-order valence-electron chi connectivity index (χ2n) is 5.93. The van der Waals surface area contributed by atoms with Crippen LogP contribution >= 0.6 is 11.6 Å². The largest absolute Gasteiger partial charge is 0.381 e. The van der Waals surface area contributed by atoms with E-state index in [-0.39, 0.29) is 5.02 Å². The van der Waals surface area contributed by atoms with Crippen molar-refractivity contribution >= 4 is 30.5 Å². The summed E-state index contributed by atoms with van der Waals surface area (Å²) in [6.07, 6.45) is 0. The first kappa shape index (κ1) is 15.1. The van der Waals surface area contributed by atoms with Gasteiger partial charge in [-0.25, -0.2) is 4.39 Å². The van der Waals surface area contributed by atoms with Gasteiger partial charge in [-0.1, -0.05) is 60.7 Å². The number of benzene rings is 2. The monoisotopic (exact) mass is 307 g/mol. The number of hydrogen-bond donors (Lipinski definition) is 1. The molecule has 0 radical (unpaired) electrons. The molecular weight excluding hydrogens is 289 g/mol.